The van der Waals surface area contributed by atoms with E-state index in [4.69, 9.17) is 9.84 Å². The van der Waals surface area contributed by atoms with Crippen LogP contribution >= 0.6 is 0 Å². The minimum atomic E-state index is -2.98. The maximum Gasteiger partial charge on any atom is 0.387 e. The van der Waals surface area contributed by atoms with Gasteiger partial charge >= 0.3 is 12.6 Å². The molecule has 156 valence electrons. The third kappa shape index (κ3) is 5.19. The monoisotopic (exact) mass is 415 g/mol. The number of aromatic nitrogens is 2. The molecule has 3 aromatic rings. The molecule has 1 N–H and O–H groups in total. The van der Waals surface area contributed by atoms with E-state index in [0.29, 0.717) is 23.6 Å². The van der Waals surface area contributed by atoms with Crippen LogP contribution in [0.3, 0.4) is 0 Å². The number of carboxylic acids is 1. The molecule has 9 heteroatoms. The Balaban J connectivity index is 2.02. The first-order valence-corrected chi connectivity index (χ1v) is 9.05. The van der Waals surface area contributed by atoms with Gasteiger partial charge in [-0.05, 0) is 43.3 Å². The number of ether oxygens (including phenoxy) is 2. The van der Waals surface area contributed by atoms with E-state index >= 15 is 0 Å². The topological polar surface area (TPSA) is 84.8 Å². The average Bonchev–Trinajstić information content (AvgIpc) is 2.74. The number of hydrogen-bond donors (Lipinski definition) is 1. The molecule has 0 radical (unpaired) electrons. The van der Waals surface area contributed by atoms with Gasteiger partial charge in [0.25, 0.3) is 0 Å². The highest BCUT2D eigenvalue weighted by atomic mass is 19.3. The average molecular weight is 415 g/mol. The molecule has 0 spiro atoms. The number of carbonyl (C=O) groups is 1. The van der Waals surface area contributed by atoms with Crippen molar-refractivity contribution in [2.75, 3.05) is 11.5 Å². The maximum atomic E-state index is 12.7. The lowest BCUT2D eigenvalue weighted by atomic mass is 10.1. The highest BCUT2D eigenvalue weighted by molar-refractivity contribution is 5.88. The second-order valence-corrected chi connectivity index (χ2v) is 6.08. The van der Waals surface area contributed by atoms with E-state index in [2.05, 4.69) is 14.7 Å². The van der Waals surface area contributed by atoms with E-state index in [9.17, 15) is 13.6 Å². The number of carboxylic acid groups (broad SMARTS) is 1. The number of alkyl halides is 2. The van der Waals surface area contributed by atoms with Gasteiger partial charge in [-0.25, -0.2) is 4.79 Å². The summed E-state index contributed by atoms with van der Waals surface area (Å²) in [5, 5.41) is 9.14. The zero-order valence-corrected chi connectivity index (χ0v) is 16.0. The van der Waals surface area contributed by atoms with E-state index < -0.39 is 12.6 Å². The minimum absolute atomic E-state index is 0.0729. The van der Waals surface area contributed by atoms with Crippen LogP contribution in [0.15, 0.2) is 61.1 Å². The van der Waals surface area contributed by atoms with Crippen molar-refractivity contribution in [3.8, 4) is 11.5 Å². The van der Waals surface area contributed by atoms with Crippen LogP contribution in [-0.2, 0) is 6.54 Å². The van der Waals surface area contributed by atoms with Gasteiger partial charge < -0.3 is 19.5 Å². The summed E-state index contributed by atoms with van der Waals surface area (Å²) in [5.74, 6) is -0.938. The molecule has 1 heterocycles. The number of halogens is 2. The van der Waals surface area contributed by atoms with Crippen molar-refractivity contribution in [3.05, 3.63) is 72.3 Å². The van der Waals surface area contributed by atoms with Gasteiger partial charge in [0.2, 0.25) is 0 Å². The van der Waals surface area contributed by atoms with Crippen LogP contribution < -0.4 is 14.4 Å². The molecule has 0 amide bonds. The Morgan fingerprint density at radius 2 is 1.83 bits per heavy atom. The Bertz CT molecular complexity index is 985. The zero-order valence-electron chi connectivity index (χ0n) is 16.0. The van der Waals surface area contributed by atoms with Crippen molar-refractivity contribution >= 4 is 17.3 Å². The maximum absolute atomic E-state index is 12.7. The number of benzene rings is 2. The van der Waals surface area contributed by atoms with E-state index in [1.807, 2.05) is 4.90 Å². The zero-order chi connectivity index (χ0) is 21.5. The molecule has 7 nitrogen and oxygen atoms in total. The number of nitrogens with zero attached hydrogens (tertiary/aromatic N) is 3. The predicted molar refractivity (Wildman–Crippen MR) is 106 cm³/mol. The molecular formula is C21H19F2N3O4. The van der Waals surface area contributed by atoms with Crippen LogP contribution in [0.2, 0.25) is 0 Å². The summed E-state index contributed by atoms with van der Waals surface area (Å²) in [5.41, 5.74) is 2.10. The Hall–Kier alpha value is -3.75. The number of aromatic carboxylic acids is 1. The molecule has 0 aliphatic carbocycles. The lowest BCUT2D eigenvalue weighted by Crippen LogP contribution is -2.18. The fraction of sp³-hybridized carbons (Fsp3) is 0.190. The van der Waals surface area contributed by atoms with Crippen LogP contribution in [0.4, 0.5) is 20.2 Å². The highest BCUT2D eigenvalue weighted by Gasteiger charge is 2.17. The molecule has 0 atom stereocenters. The largest absolute Gasteiger partial charge is 0.490 e. The van der Waals surface area contributed by atoms with Gasteiger partial charge in [0.1, 0.15) is 0 Å². The van der Waals surface area contributed by atoms with Gasteiger partial charge in [0.05, 0.1) is 30.6 Å². The third-order valence-electron chi connectivity index (χ3n) is 4.12. The normalized spacial score (nSPS) is 10.7. The Morgan fingerprint density at radius 1 is 1.10 bits per heavy atom. The summed E-state index contributed by atoms with van der Waals surface area (Å²) in [6, 6.07) is 10.9. The first-order chi connectivity index (χ1) is 14.5. The van der Waals surface area contributed by atoms with Gasteiger partial charge in [0, 0.05) is 29.8 Å². The van der Waals surface area contributed by atoms with Crippen molar-refractivity contribution < 1.29 is 28.2 Å². The predicted octanol–water partition coefficient (Wildman–Crippen LogP) is 4.51. The number of anilines is 2. The summed E-state index contributed by atoms with van der Waals surface area (Å²) in [4.78, 5) is 21.3. The van der Waals surface area contributed by atoms with Crippen molar-refractivity contribution in [1.82, 2.24) is 9.97 Å². The van der Waals surface area contributed by atoms with Gasteiger partial charge in [-0.3, -0.25) is 9.97 Å². The Morgan fingerprint density at radius 3 is 2.43 bits per heavy atom. The molecular weight excluding hydrogens is 396 g/mol. The minimum Gasteiger partial charge on any atom is -0.490 e. The van der Waals surface area contributed by atoms with Gasteiger partial charge in [-0.15, -0.1) is 0 Å². The van der Waals surface area contributed by atoms with Crippen LogP contribution in [0, 0.1) is 0 Å². The number of hydrogen-bond acceptors (Lipinski definition) is 6. The summed E-state index contributed by atoms with van der Waals surface area (Å²) >= 11 is 0. The van der Waals surface area contributed by atoms with Crippen LogP contribution in [-0.4, -0.2) is 34.3 Å². The SMILES string of the molecule is CCOc1cc(N(Cc2cnccn2)c2ccc(C(=O)O)cc2)ccc1OC(F)F. The molecule has 1 aromatic heterocycles. The third-order valence-corrected chi connectivity index (χ3v) is 4.12. The van der Waals surface area contributed by atoms with E-state index in [1.165, 1.54) is 18.2 Å². The van der Waals surface area contributed by atoms with E-state index in [-0.39, 0.29) is 23.7 Å². The van der Waals surface area contributed by atoms with Crippen LogP contribution in [0.1, 0.15) is 23.0 Å². The molecule has 0 bridgehead atoms. The quantitative estimate of drug-likeness (QED) is 0.550. The van der Waals surface area contributed by atoms with Crippen molar-refractivity contribution in [2.24, 2.45) is 0 Å². The molecule has 30 heavy (non-hydrogen) atoms. The van der Waals surface area contributed by atoms with Crippen LogP contribution in [0.5, 0.6) is 11.5 Å². The summed E-state index contributed by atoms with van der Waals surface area (Å²) < 4.78 is 35.4. The molecule has 0 saturated heterocycles. The summed E-state index contributed by atoms with van der Waals surface area (Å²) in [7, 11) is 0. The molecule has 0 aliphatic rings. The molecule has 3 rings (SSSR count). The van der Waals surface area contributed by atoms with Gasteiger partial charge in [0.15, 0.2) is 11.5 Å². The van der Waals surface area contributed by atoms with E-state index in [0.717, 1.165) is 0 Å². The second kappa shape index (κ2) is 9.64. The molecule has 0 saturated carbocycles. The molecule has 2 aromatic carbocycles. The number of rotatable bonds is 9. The van der Waals surface area contributed by atoms with Gasteiger partial charge in [-0.1, -0.05) is 0 Å². The fourth-order valence-corrected chi connectivity index (χ4v) is 2.82. The first kappa shape index (κ1) is 21.0. The first-order valence-electron chi connectivity index (χ1n) is 9.05. The van der Waals surface area contributed by atoms with Crippen LogP contribution in [0.25, 0.3) is 0 Å². The van der Waals surface area contributed by atoms with Crippen molar-refractivity contribution in [1.29, 1.82) is 0 Å². The molecule has 0 unspecified atom stereocenters. The molecule has 0 fully saturated rings. The Kier molecular flexibility index (Phi) is 6.74. The second-order valence-electron chi connectivity index (χ2n) is 6.08. The smallest absolute Gasteiger partial charge is 0.387 e. The molecule has 0 aliphatic heterocycles. The lowest BCUT2D eigenvalue weighted by Gasteiger charge is -2.26. The van der Waals surface area contributed by atoms with Crippen molar-refractivity contribution in [3.63, 3.8) is 0 Å². The standard InChI is InChI=1S/C21H19F2N3O4/c1-2-29-19-11-17(7-8-18(19)30-21(22)23)26(13-15-12-24-9-10-25-15)16-5-3-14(4-6-16)20(27)28/h3-12,21H,2,13H2,1H3,(H,27,28). The lowest BCUT2D eigenvalue weighted by molar-refractivity contribution is -0.0514. The summed E-state index contributed by atoms with van der Waals surface area (Å²) in [6.45, 7) is -0.670. The summed E-state index contributed by atoms with van der Waals surface area (Å²) in [6.07, 6.45) is 4.72. The Labute approximate surface area is 171 Å². The van der Waals surface area contributed by atoms with Gasteiger partial charge in [-0.2, -0.15) is 8.78 Å². The van der Waals surface area contributed by atoms with Crippen molar-refractivity contribution in [2.45, 2.75) is 20.1 Å². The fourth-order valence-electron chi connectivity index (χ4n) is 2.82. The van der Waals surface area contributed by atoms with E-state index in [1.54, 1.807) is 49.8 Å². The highest BCUT2D eigenvalue weighted by Crippen LogP contribution is 2.36.